The molecular formula is C24H32N4O4. The van der Waals surface area contributed by atoms with Crippen LogP contribution in [0.25, 0.3) is 21.8 Å². The number of pyridine rings is 1. The van der Waals surface area contributed by atoms with E-state index in [1.54, 1.807) is 6.20 Å². The normalized spacial score (nSPS) is 19.6. The van der Waals surface area contributed by atoms with Crippen molar-refractivity contribution in [2.45, 2.75) is 52.7 Å². The van der Waals surface area contributed by atoms with Gasteiger partial charge in [0.05, 0.1) is 41.4 Å². The summed E-state index contributed by atoms with van der Waals surface area (Å²) in [5.74, 6) is 0.0314. The van der Waals surface area contributed by atoms with Crippen molar-refractivity contribution in [1.29, 1.82) is 0 Å². The van der Waals surface area contributed by atoms with E-state index in [2.05, 4.69) is 10.1 Å². The number of H-pyrrole nitrogens is 1. The highest BCUT2D eigenvalue weighted by molar-refractivity contribution is 6.07. The Morgan fingerprint density at radius 1 is 1.25 bits per heavy atom. The van der Waals surface area contributed by atoms with Crippen molar-refractivity contribution < 1.29 is 14.3 Å². The van der Waals surface area contributed by atoms with E-state index in [1.165, 1.54) is 0 Å². The van der Waals surface area contributed by atoms with Crippen LogP contribution in [0.3, 0.4) is 0 Å². The van der Waals surface area contributed by atoms with Crippen LogP contribution in [0, 0.1) is 6.92 Å². The molecule has 0 bridgehead atoms. The molecular weight excluding hydrogens is 408 g/mol. The minimum absolute atomic E-state index is 0. The third kappa shape index (κ3) is 3.82. The van der Waals surface area contributed by atoms with Crippen LogP contribution < -0.4 is 5.56 Å². The lowest BCUT2D eigenvalue weighted by molar-refractivity contribution is 0.0146. The van der Waals surface area contributed by atoms with Gasteiger partial charge in [0.1, 0.15) is 0 Å². The average molecular weight is 441 g/mol. The van der Waals surface area contributed by atoms with Gasteiger partial charge < -0.3 is 19.4 Å². The molecule has 1 aromatic carbocycles. The molecule has 1 amide bonds. The van der Waals surface area contributed by atoms with Gasteiger partial charge in [0, 0.05) is 37.3 Å². The molecule has 0 saturated carbocycles. The van der Waals surface area contributed by atoms with E-state index in [-0.39, 0.29) is 31.0 Å². The first-order chi connectivity index (χ1) is 15.1. The second-order valence-electron chi connectivity index (χ2n) is 8.48. The summed E-state index contributed by atoms with van der Waals surface area (Å²) in [6.07, 6.45) is 4.43. The summed E-state index contributed by atoms with van der Waals surface area (Å²) in [5, 5.41) is 5.89. The number of benzene rings is 1. The number of likely N-dealkylation sites (tertiary alicyclic amines) is 1. The number of nitrogens with zero attached hydrogens (tertiary/aromatic N) is 3. The van der Waals surface area contributed by atoms with Crippen LogP contribution in [0.15, 0.2) is 23.1 Å². The Hall–Kier alpha value is -2.71. The van der Waals surface area contributed by atoms with Gasteiger partial charge in [0.15, 0.2) is 0 Å². The summed E-state index contributed by atoms with van der Waals surface area (Å²) in [5.41, 5.74) is 2.87. The number of aromatic amines is 1. The Labute approximate surface area is 187 Å². The van der Waals surface area contributed by atoms with E-state index in [1.807, 2.05) is 35.6 Å². The average Bonchev–Trinajstić information content (AvgIpc) is 3.44. The smallest absolute Gasteiger partial charge is 0.259 e. The minimum Gasteiger partial charge on any atom is -0.379 e. The SMILES string of the molecule is C.CCOC1CCN(C(=O)c2cc3c(cc2C)[nH]c(=O)c2cnn([C@H]4CCOC4)c23)CC1. The topological polar surface area (TPSA) is 89.5 Å². The van der Waals surface area contributed by atoms with Crippen molar-refractivity contribution in [2.24, 2.45) is 0 Å². The lowest BCUT2D eigenvalue weighted by Gasteiger charge is -2.32. The summed E-state index contributed by atoms with van der Waals surface area (Å²) in [6, 6.07) is 3.92. The summed E-state index contributed by atoms with van der Waals surface area (Å²) in [7, 11) is 0. The molecule has 32 heavy (non-hydrogen) atoms. The fourth-order valence-electron chi connectivity index (χ4n) is 4.85. The van der Waals surface area contributed by atoms with E-state index in [0.29, 0.717) is 43.9 Å². The predicted molar refractivity (Wildman–Crippen MR) is 124 cm³/mol. The van der Waals surface area contributed by atoms with Crippen molar-refractivity contribution in [3.05, 3.63) is 39.8 Å². The number of amides is 1. The maximum absolute atomic E-state index is 13.4. The molecule has 2 aliphatic heterocycles. The van der Waals surface area contributed by atoms with Gasteiger partial charge in [-0.2, -0.15) is 5.10 Å². The number of rotatable bonds is 4. The number of nitrogens with one attached hydrogen (secondary N) is 1. The molecule has 172 valence electrons. The molecule has 8 heteroatoms. The summed E-state index contributed by atoms with van der Waals surface area (Å²) >= 11 is 0. The van der Waals surface area contributed by atoms with Gasteiger partial charge in [-0.3, -0.25) is 14.3 Å². The first kappa shape index (κ1) is 22.5. The molecule has 0 spiro atoms. The van der Waals surface area contributed by atoms with Gasteiger partial charge in [-0.15, -0.1) is 0 Å². The molecule has 0 aliphatic carbocycles. The van der Waals surface area contributed by atoms with Crippen LogP contribution in [0.2, 0.25) is 0 Å². The lowest BCUT2D eigenvalue weighted by atomic mass is 10.0. The van der Waals surface area contributed by atoms with E-state index in [4.69, 9.17) is 9.47 Å². The lowest BCUT2D eigenvalue weighted by Crippen LogP contribution is -2.41. The molecule has 2 aromatic heterocycles. The van der Waals surface area contributed by atoms with E-state index in [9.17, 15) is 9.59 Å². The van der Waals surface area contributed by atoms with Crippen LogP contribution in [-0.2, 0) is 9.47 Å². The van der Waals surface area contributed by atoms with E-state index >= 15 is 0 Å². The number of carbonyl (C=O) groups is 1. The Kier molecular flexibility index (Phi) is 6.35. The minimum atomic E-state index is -0.163. The van der Waals surface area contributed by atoms with Gasteiger partial charge in [0.25, 0.3) is 11.5 Å². The Balaban J connectivity index is 0.00000245. The number of ether oxygens (including phenoxy) is 2. The number of hydrogen-bond donors (Lipinski definition) is 1. The quantitative estimate of drug-likeness (QED) is 0.671. The maximum Gasteiger partial charge on any atom is 0.259 e. The third-order valence-electron chi connectivity index (χ3n) is 6.52. The summed E-state index contributed by atoms with van der Waals surface area (Å²) in [4.78, 5) is 30.9. The van der Waals surface area contributed by atoms with Gasteiger partial charge in [-0.1, -0.05) is 7.43 Å². The number of aromatic nitrogens is 3. The van der Waals surface area contributed by atoms with E-state index < -0.39 is 0 Å². The highest BCUT2D eigenvalue weighted by atomic mass is 16.5. The van der Waals surface area contributed by atoms with Crippen LogP contribution >= 0.6 is 0 Å². The predicted octanol–water partition coefficient (Wildman–Crippen LogP) is 3.42. The molecule has 0 unspecified atom stereocenters. The molecule has 0 radical (unpaired) electrons. The van der Waals surface area contributed by atoms with Crippen molar-refractivity contribution in [2.75, 3.05) is 32.9 Å². The maximum atomic E-state index is 13.4. The standard InChI is InChI=1S/C23H28N4O4.CH4/c1-3-31-16-4-7-26(8-5-16)23(29)17-11-18-20(10-14(17)2)25-22(28)19-12-24-27(21(18)19)15-6-9-30-13-15;/h10-12,15-16H,3-9,13H2,1-2H3,(H,25,28);1H4/t15-;/m0./s1. The van der Waals surface area contributed by atoms with Crippen molar-refractivity contribution >= 4 is 27.7 Å². The number of piperidine rings is 1. The highest BCUT2D eigenvalue weighted by Gasteiger charge is 2.27. The summed E-state index contributed by atoms with van der Waals surface area (Å²) < 4.78 is 13.2. The Bertz CT molecular complexity index is 1180. The molecule has 3 aromatic rings. The number of fused-ring (bicyclic) bond motifs is 3. The largest absolute Gasteiger partial charge is 0.379 e. The Morgan fingerprint density at radius 2 is 2.03 bits per heavy atom. The molecule has 8 nitrogen and oxygen atoms in total. The fourth-order valence-corrected chi connectivity index (χ4v) is 4.85. The second kappa shape index (κ2) is 9.03. The van der Waals surface area contributed by atoms with Gasteiger partial charge in [-0.25, -0.2) is 0 Å². The zero-order chi connectivity index (χ0) is 21.5. The molecule has 2 saturated heterocycles. The van der Waals surface area contributed by atoms with E-state index in [0.717, 1.165) is 41.2 Å². The molecule has 2 fully saturated rings. The molecule has 4 heterocycles. The number of carbonyl (C=O) groups excluding carboxylic acids is 1. The molecule has 2 aliphatic rings. The van der Waals surface area contributed by atoms with Gasteiger partial charge in [-0.05, 0) is 50.8 Å². The van der Waals surface area contributed by atoms with Crippen LogP contribution in [0.4, 0.5) is 0 Å². The van der Waals surface area contributed by atoms with Crippen LogP contribution in [0.1, 0.15) is 55.6 Å². The Morgan fingerprint density at radius 3 is 2.72 bits per heavy atom. The second-order valence-corrected chi connectivity index (χ2v) is 8.48. The van der Waals surface area contributed by atoms with Crippen molar-refractivity contribution in [3.63, 3.8) is 0 Å². The molecule has 1 N–H and O–H groups in total. The fraction of sp³-hybridized carbons (Fsp3) is 0.542. The number of aryl methyl sites for hydroxylation is 1. The molecule has 1 atom stereocenters. The third-order valence-corrected chi connectivity index (χ3v) is 6.52. The van der Waals surface area contributed by atoms with Crippen molar-refractivity contribution in [1.82, 2.24) is 19.7 Å². The van der Waals surface area contributed by atoms with Gasteiger partial charge in [0.2, 0.25) is 0 Å². The van der Waals surface area contributed by atoms with Crippen molar-refractivity contribution in [3.8, 4) is 0 Å². The number of hydrogen-bond acceptors (Lipinski definition) is 5. The first-order valence-electron chi connectivity index (χ1n) is 11.1. The zero-order valence-corrected chi connectivity index (χ0v) is 18.0. The zero-order valence-electron chi connectivity index (χ0n) is 18.0. The molecule has 5 rings (SSSR count). The van der Waals surface area contributed by atoms with Crippen LogP contribution in [-0.4, -0.2) is 64.6 Å². The first-order valence-corrected chi connectivity index (χ1v) is 11.1. The van der Waals surface area contributed by atoms with Gasteiger partial charge >= 0.3 is 0 Å². The highest BCUT2D eigenvalue weighted by Crippen LogP contribution is 2.30. The summed E-state index contributed by atoms with van der Waals surface area (Å²) in [6.45, 7) is 7.29. The monoisotopic (exact) mass is 440 g/mol. The van der Waals surface area contributed by atoms with Crippen LogP contribution in [0.5, 0.6) is 0 Å².